The van der Waals surface area contributed by atoms with Gasteiger partial charge < -0.3 is 8.83 Å². The van der Waals surface area contributed by atoms with Crippen LogP contribution < -0.4 is 0 Å². The fourth-order valence-electron chi connectivity index (χ4n) is 13.9. The van der Waals surface area contributed by atoms with E-state index in [1.807, 2.05) is 6.07 Å². The number of hydrogen-bond donors (Lipinski definition) is 0. The highest BCUT2D eigenvalue weighted by Crippen LogP contribution is 2.61. The average Bonchev–Trinajstić information content (AvgIpc) is 3.99. The van der Waals surface area contributed by atoms with E-state index in [1.54, 1.807) is 0 Å². The monoisotopic (exact) mass is 865 g/mol. The van der Waals surface area contributed by atoms with Crippen LogP contribution in [0.4, 0.5) is 0 Å². The number of para-hydroxylation sites is 2. The van der Waals surface area contributed by atoms with Gasteiger partial charge in [-0.05, 0) is 154 Å². The maximum Gasteiger partial charge on any atom is 0.167 e. The molecule has 0 aliphatic heterocycles. The summed E-state index contributed by atoms with van der Waals surface area (Å²) in [5.74, 6) is 4.41. The zero-order valence-electron chi connectivity index (χ0n) is 37.6. The molecule has 4 fully saturated rings. The minimum absolute atomic E-state index is 0.190. The second-order valence-corrected chi connectivity index (χ2v) is 21.0. The topological polar surface area (TPSA) is 65.0 Å². The number of rotatable bonds is 5. The molecule has 5 nitrogen and oxygen atoms in total. The van der Waals surface area contributed by atoms with Crippen molar-refractivity contribution in [3.63, 3.8) is 0 Å². The molecule has 322 valence electrons. The molecule has 0 atom stereocenters. The maximum atomic E-state index is 6.83. The fourth-order valence-corrected chi connectivity index (χ4v) is 13.9. The molecule has 0 radical (unpaired) electrons. The van der Waals surface area contributed by atoms with Crippen molar-refractivity contribution in [1.82, 2.24) is 15.0 Å². The number of hydrogen-bond acceptors (Lipinski definition) is 5. The van der Waals surface area contributed by atoms with Crippen molar-refractivity contribution in [2.75, 3.05) is 0 Å². The molecule has 0 saturated heterocycles. The zero-order chi connectivity index (χ0) is 44.2. The Morgan fingerprint density at radius 2 is 1.03 bits per heavy atom. The summed E-state index contributed by atoms with van der Waals surface area (Å²) in [4.78, 5) is 16.3. The molecule has 11 aromatic rings. The smallest absolute Gasteiger partial charge is 0.167 e. The first kappa shape index (κ1) is 37.8. The van der Waals surface area contributed by atoms with Gasteiger partial charge in [0.2, 0.25) is 0 Å². The lowest BCUT2D eigenvalue weighted by Crippen LogP contribution is -2.48. The number of furan rings is 2. The first-order valence-electron chi connectivity index (χ1n) is 24.2. The minimum atomic E-state index is -0.190. The summed E-state index contributed by atoms with van der Waals surface area (Å²) in [6, 6.07) is 57.1. The molecule has 3 aromatic heterocycles. The van der Waals surface area contributed by atoms with E-state index in [0.29, 0.717) is 22.9 Å². The minimum Gasteiger partial charge on any atom is -0.455 e. The lowest BCUT2D eigenvalue weighted by molar-refractivity contribution is -0.00518. The predicted molar refractivity (Wildman–Crippen MR) is 271 cm³/mol. The predicted octanol–water partition coefficient (Wildman–Crippen LogP) is 16.3. The lowest BCUT2D eigenvalue weighted by atomic mass is 9.48. The van der Waals surface area contributed by atoms with Crippen molar-refractivity contribution in [3.8, 4) is 56.4 Å². The summed E-state index contributed by atoms with van der Waals surface area (Å²) in [6.07, 6.45) is 8.40. The molecule has 4 saturated carbocycles. The highest BCUT2D eigenvalue weighted by atomic mass is 16.3. The Kier molecular flexibility index (Phi) is 7.68. The molecule has 0 spiro atoms. The first-order valence-corrected chi connectivity index (χ1v) is 24.2. The summed E-state index contributed by atoms with van der Waals surface area (Å²) >= 11 is 0. The molecule has 5 heteroatoms. The van der Waals surface area contributed by atoms with Gasteiger partial charge in [-0.15, -0.1) is 0 Å². The van der Waals surface area contributed by atoms with Crippen LogP contribution in [0.2, 0.25) is 0 Å². The van der Waals surface area contributed by atoms with E-state index in [0.717, 1.165) is 89.3 Å². The number of fused-ring (bicyclic) bond motifs is 10. The Bertz CT molecular complexity index is 3850. The largest absolute Gasteiger partial charge is 0.455 e. The van der Waals surface area contributed by atoms with Gasteiger partial charge in [0.25, 0.3) is 0 Å². The van der Waals surface area contributed by atoms with Crippen molar-refractivity contribution in [2.24, 2.45) is 17.8 Å². The van der Waals surface area contributed by atoms with Gasteiger partial charge in [0.05, 0.1) is 11.1 Å². The van der Waals surface area contributed by atoms with Crippen LogP contribution in [-0.4, -0.2) is 15.0 Å². The van der Waals surface area contributed by atoms with Crippen LogP contribution in [0.15, 0.2) is 167 Å². The second-order valence-electron chi connectivity index (χ2n) is 21.0. The Labute approximate surface area is 388 Å². The van der Waals surface area contributed by atoms with Crippen LogP contribution in [0.25, 0.3) is 111 Å². The summed E-state index contributed by atoms with van der Waals surface area (Å²) in [6.45, 7) is 4.63. The molecular weight excluding hydrogens is 819 g/mol. The molecule has 0 unspecified atom stereocenters. The third-order valence-electron chi connectivity index (χ3n) is 16.7. The van der Waals surface area contributed by atoms with Gasteiger partial charge in [-0.1, -0.05) is 129 Å². The first-order chi connectivity index (χ1) is 32.8. The van der Waals surface area contributed by atoms with Gasteiger partial charge in [0, 0.05) is 32.5 Å². The Hall–Kier alpha value is -7.37. The average molecular weight is 866 g/mol. The van der Waals surface area contributed by atoms with Crippen molar-refractivity contribution in [2.45, 2.75) is 63.2 Å². The van der Waals surface area contributed by atoms with Gasteiger partial charge in [0.15, 0.2) is 17.5 Å². The number of aromatic nitrogens is 3. The third-order valence-corrected chi connectivity index (χ3v) is 16.7. The van der Waals surface area contributed by atoms with Crippen LogP contribution >= 0.6 is 0 Å². The quantitative estimate of drug-likeness (QED) is 0.172. The molecule has 5 aliphatic rings. The molecule has 67 heavy (non-hydrogen) atoms. The Morgan fingerprint density at radius 1 is 0.418 bits per heavy atom. The van der Waals surface area contributed by atoms with Crippen LogP contribution in [-0.2, 0) is 10.8 Å². The van der Waals surface area contributed by atoms with E-state index < -0.39 is 0 Å². The maximum absolute atomic E-state index is 6.83. The van der Waals surface area contributed by atoms with Crippen molar-refractivity contribution in [1.29, 1.82) is 0 Å². The van der Waals surface area contributed by atoms with Crippen LogP contribution in [0.3, 0.4) is 0 Å². The van der Waals surface area contributed by atoms with E-state index in [4.69, 9.17) is 23.8 Å². The van der Waals surface area contributed by atoms with E-state index in [1.165, 1.54) is 77.3 Å². The van der Waals surface area contributed by atoms with Gasteiger partial charge in [-0.25, -0.2) is 15.0 Å². The molecular formula is C62H47N3O2. The Balaban J connectivity index is 0.943. The summed E-state index contributed by atoms with van der Waals surface area (Å²) in [5.41, 5.74) is 14.9. The van der Waals surface area contributed by atoms with Gasteiger partial charge in [-0.3, -0.25) is 0 Å². The van der Waals surface area contributed by atoms with Crippen molar-refractivity contribution >= 4 is 54.6 Å². The van der Waals surface area contributed by atoms with E-state index >= 15 is 0 Å². The molecule has 0 amide bonds. The van der Waals surface area contributed by atoms with Crippen LogP contribution in [0, 0.1) is 17.8 Å². The normalized spacial score (nSPS) is 21.3. The van der Waals surface area contributed by atoms with E-state index in [2.05, 4.69) is 166 Å². The molecule has 8 aromatic carbocycles. The van der Waals surface area contributed by atoms with Crippen molar-refractivity contribution in [3.05, 3.63) is 174 Å². The molecule has 0 N–H and O–H groups in total. The van der Waals surface area contributed by atoms with E-state index in [9.17, 15) is 0 Å². The number of benzene rings is 8. The van der Waals surface area contributed by atoms with Gasteiger partial charge >= 0.3 is 0 Å². The standard InChI is InChI=1S/C62H47N3O2/c1-61(2)52-16-7-5-12-44(52)45-23-20-41(30-53(45)61)58-63-59(48-15-9-14-47-49-27-39-10-3-4-11-40(39)31-55(49)67-56(47)48)65-60(64-58)51-29-42(28-50-46-13-6-8-17-54(46)66-57(50)51)38-18-21-43(22-19-38)62-32-35-24-36(33-62)26-37(25-35)34-62/h3-23,27-31,35-37H,24-26,32-34H2,1-2H3. The molecule has 5 aliphatic carbocycles. The third kappa shape index (κ3) is 5.58. The highest BCUT2D eigenvalue weighted by Gasteiger charge is 2.51. The molecule has 16 rings (SSSR count). The van der Waals surface area contributed by atoms with E-state index in [-0.39, 0.29) is 5.41 Å². The molecule has 4 bridgehead atoms. The Morgan fingerprint density at radius 3 is 1.84 bits per heavy atom. The van der Waals surface area contributed by atoms with Crippen LogP contribution in [0.1, 0.15) is 69.1 Å². The lowest BCUT2D eigenvalue weighted by Gasteiger charge is -2.57. The SMILES string of the molecule is CC1(C)c2ccccc2-c2ccc(-c3nc(-c4cccc5c4oc4cc6ccccc6cc45)nc(-c4cc(-c5ccc(C67CC8CC(CC(C8)C6)C7)cc5)cc5c4oc4ccccc45)n3)cc21. The molecule has 3 heterocycles. The highest BCUT2D eigenvalue weighted by molar-refractivity contribution is 6.13. The van der Waals surface area contributed by atoms with Crippen molar-refractivity contribution < 1.29 is 8.83 Å². The summed E-state index contributed by atoms with van der Waals surface area (Å²) in [7, 11) is 0. The summed E-state index contributed by atoms with van der Waals surface area (Å²) in [5, 5.41) is 6.51. The van der Waals surface area contributed by atoms with Gasteiger partial charge in [0.1, 0.15) is 22.3 Å². The second kappa shape index (κ2) is 13.6. The van der Waals surface area contributed by atoms with Crippen LogP contribution in [0.5, 0.6) is 0 Å². The zero-order valence-corrected chi connectivity index (χ0v) is 37.6. The summed E-state index contributed by atoms with van der Waals surface area (Å²) < 4.78 is 13.6. The fraction of sp³-hybridized carbons (Fsp3) is 0.210. The van der Waals surface area contributed by atoms with Gasteiger partial charge in [-0.2, -0.15) is 0 Å². The number of nitrogens with zero attached hydrogens (tertiary/aromatic N) is 3.